The van der Waals surface area contributed by atoms with Gasteiger partial charge in [-0.25, -0.2) is 0 Å². The topological polar surface area (TPSA) is 50.3 Å². The van der Waals surface area contributed by atoms with Crippen LogP contribution in [-0.2, 0) is 13.1 Å². The van der Waals surface area contributed by atoms with Gasteiger partial charge in [-0.2, -0.15) is 4.98 Å². The summed E-state index contributed by atoms with van der Waals surface area (Å²) in [4.78, 5) is 9.79. The molecule has 1 spiro atoms. The quantitative estimate of drug-likeness (QED) is 0.591. The average molecular weight is 422 g/mol. The molecule has 2 fully saturated rings. The minimum atomic E-state index is 0.281. The third-order valence-corrected chi connectivity index (χ3v) is 7.52. The van der Waals surface area contributed by atoms with Crippen molar-refractivity contribution in [2.24, 2.45) is 5.41 Å². The monoisotopic (exact) mass is 421 g/mol. The van der Waals surface area contributed by atoms with Crippen molar-refractivity contribution in [2.45, 2.75) is 65.1 Å². The van der Waals surface area contributed by atoms with Crippen LogP contribution in [0.15, 0.2) is 35.0 Å². The molecule has 5 rings (SSSR count). The Morgan fingerprint density at radius 2 is 1.97 bits per heavy atom. The molecule has 0 saturated carbocycles. The maximum absolute atomic E-state index is 5.49. The second kappa shape index (κ2) is 8.06. The van der Waals surface area contributed by atoms with Gasteiger partial charge in [-0.3, -0.25) is 9.80 Å². The predicted octanol–water partition coefficient (Wildman–Crippen LogP) is 4.83. The highest BCUT2D eigenvalue weighted by Crippen LogP contribution is 2.48. The van der Waals surface area contributed by atoms with E-state index in [1.165, 1.54) is 29.3 Å². The zero-order valence-electron chi connectivity index (χ0n) is 19.3. The molecule has 2 aliphatic rings. The summed E-state index contributed by atoms with van der Waals surface area (Å²) in [6.07, 6.45) is 5.99. The van der Waals surface area contributed by atoms with Gasteiger partial charge in [0.15, 0.2) is 5.82 Å². The molecular weight excluding hydrogens is 386 g/mol. The maximum Gasteiger partial charge on any atom is 0.229 e. The smallest absolute Gasteiger partial charge is 0.229 e. The summed E-state index contributed by atoms with van der Waals surface area (Å²) >= 11 is 0. The summed E-state index contributed by atoms with van der Waals surface area (Å²) in [5.74, 6) is 1.91. The van der Waals surface area contributed by atoms with E-state index in [4.69, 9.17) is 9.51 Å². The summed E-state index contributed by atoms with van der Waals surface area (Å²) in [5.41, 5.74) is 3.20. The van der Waals surface area contributed by atoms with Crippen LogP contribution in [0.4, 0.5) is 0 Å². The van der Waals surface area contributed by atoms with E-state index in [0.29, 0.717) is 5.41 Å². The van der Waals surface area contributed by atoms with Crippen molar-refractivity contribution in [3.8, 4) is 0 Å². The Balaban J connectivity index is 1.25. The van der Waals surface area contributed by atoms with Gasteiger partial charge in [0.05, 0.1) is 6.04 Å². The van der Waals surface area contributed by atoms with Gasteiger partial charge in [0.2, 0.25) is 5.89 Å². The van der Waals surface area contributed by atoms with E-state index < -0.39 is 0 Å². The number of hydrogen-bond acceptors (Lipinski definition) is 5. The second-order valence-corrected chi connectivity index (χ2v) is 10.0. The molecule has 0 amide bonds. The Morgan fingerprint density at radius 1 is 1.19 bits per heavy atom. The van der Waals surface area contributed by atoms with Crippen LogP contribution in [0.3, 0.4) is 0 Å². The van der Waals surface area contributed by atoms with Crippen LogP contribution in [0.1, 0.15) is 69.3 Å². The normalized spacial score (nSPS) is 22.3. The van der Waals surface area contributed by atoms with Crippen molar-refractivity contribution >= 4 is 10.9 Å². The summed E-state index contributed by atoms with van der Waals surface area (Å²) in [5, 5.41) is 5.72. The van der Waals surface area contributed by atoms with E-state index in [-0.39, 0.29) is 12.0 Å². The molecule has 6 nitrogen and oxygen atoms in total. The van der Waals surface area contributed by atoms with Crippen molar-refractivity contribution in [1.29, 1.82) is 0 Å². The summed E-state index contributed by atoms with van der Waals surface area (Å²) in [6, 6.07) is 9.10. The summed E-state index contributed by atoms with van der Waals surface area (Å²) in [7, 11) is 2.22. The molecule has 2 saturated heterocycles. The Labute approximate surface area is 185 Å². The number of aromatic nitrogens is 3. The lowest BCUT2D eigenvalue weighted by atomic mass is 9.76. The molecule has 3 aromatic rings. The highest BCUT2D eigenvalue weighted by atomic mass is 16.5. The number of rotatable bonds is 5. The average Bonchev–Trinajstić information content (AvgIpc) is 3.46. The molecule has 0 N–H and O–H groups in total. The van der Waals surface area contributed by atoms with Crippen molar-refractivity contribution in [3.05, 3.63) is 47.7 Å². The number of benzene rings is 1. The predicted molar refractivity (Wildman–Crippen MR) is 123 cm³/mol. The number of likely N-dealkylation sites (tertiary alicyclic amines) is 2. The lowest BCUT2D eigenvalue weighted by Crippen LogP contribution is -2.40. The molecule has 6 heteroatoms. The molecule has 4 heterocycles. The van der Waals surface area contributed by atoms with Crippen molar-refractivity contribution < 1.29 is 4.52 Å². The van der Waals surface area contributed by atoms with Gasteiger partial charge in [-0.05, 0) is 63.4 Å². The standard InChI is InChI=1S/C25H35N5O/c1-5-30-16-19(20-8-6-7-9-21(20)30)15-29-12-10-25(11-13-29)14-22(28(4)17-25)23-26-24(18(2)3)31-27-23/h6-9,16,18,22H,5,10-15,17H2,1-4H3. The highest BCUT2D eigenvalue weighted by Gasteiger charge is 2.46. The number of fused-ring (bicyclic) bond motifs is 1. The van der Waals surface area contributed by atoms with Crippen LogP contribution in [0.5, 0.6) is 0 Å². The molecule has 0 aliphatic carbocycles. The fourth-order valence-electron chi connectivity index (χ4n) is 5.67. The lowest BCUT2D eigenvalue weighted by molar-refractivity contribution is 0.106. The molecule has 1 aromatic carbocycles. The first-order valence-electron chi connectivity index (χ1n) is 11.8. The highest BCUT2D eigenvalue weighted by molar-refractivity contribution is 5.83. The molecule has 31 heavy (non-hydrogen) atoms. The van der Waals surface area contributed by atoms with Crippen LogP contribution in [0.2, 0.25) is 0 Å². The molecule has 0 bridgehead atoms. The van der Waals surface area contributed by atoms with Crippen molar-refractivity contribution in [1.82, 2.24) is 24.5 Å². The first-order chi connectivity index (χ1) is 15.0. The van der Waals surface area contributed by atoms with Gasteiger partial charge < -0.3 is 9.09 Å². The van der Waals surface area contributed by atoms with Gasteiger partial charge in [-0.1, -0.05) is 37.2 Å². The summed E-state index contributed by atoms with van der Waals surface area (Å²) < 4.78 is 7.87. The Morgan fingerprint density at radius 3 is 2.68 bits per heavy atom. The van der Waals surface area contributed by atoms with E-state index in [2.05, 4.69) is 77.8 Å². The third kappa shape index (κ3) is 3.80. The number of piperidine rings is 1. The molecule has 166 valence electrons. The van der Waals surface area contributed by atoms with E-state index in [9.17, 15) is 0 Å². The number of para-hydroxylation sites is 1. The third-order valence-electron chi connectivity index (χ3n) is 7.52. The molecule has 2 aromatic heterocycles. The SMILES string of the molecule is CCn1cc(CN2CCC3(CC2)CC(c2noc(C(C)C)n2)N(C)C3)c2ccccc21. The lowest BCUT2D eigenvalue weighted by Gasteiger charge is -2.39. The molecule has 1 atom stereocenters. The Hall–Kier alpha value is -2.18. The van der Waals surface area contributed by atoms with Gasteiger partial charge >= 0.3 is 0 Å². The van der Waals surface area contributed by atoms with Crippen molar-refractivity contribution in [3.63, 3.8) is 0 Å². The second-order valence-electron chi connectivity index (χ2n) is 10.0. The van der Waals surface area contributed by atoms with E-state index in [1.807, 2.05) is 0 Å². The molecule has 0 radical (unpaired) electrons. The zero-order chi connectivity index (χ0) is 21.6. The molecular formula is C25H35N5O. The first kappa shape index (κ1) is 20.7. The zero-order valence-corrected chi connectivity index (χ0v) is 19.3. The summed E-state index contributed by atoms with van der Waals surface area (Å²) in [6.45, 7) is 12.0. The van der Waals surface area contributed by atoms with Crippen LogP contribution in [-0.4, -0.2) is 51.2 Å². The Kier molecular flexibility index (Phi) is 5.39. The van der Waals surface area contributed by atoms with Crippen LogP contribution in [0.25, 0.3) is 10.9 Å². The minimum Gasteiger partial charge on any atom is -0.347 e. The fraction of sp³-hybridized carbons (Fsp3) is 0.600. The molecule has 1 unspecified atom stereocenters. The van der Waals surface area contributed by atoms with Crippen LogP contribution < -0.4 is 0 Å². The number of aryl methyl sites for hydroxylation is 1. The molecule has 2 aliphatic heterocycles. The van der Waals surface area contributed by atoms with Gasteiger partial charge in [0.1, 0.15) is 0 Å². The van der Waals surface area contributed by atoms with Gasteiger partial charge in [0, 0.05) is 42.7 Å². The van der Waals surface area contributed by atoms with Gasteiger partial charge in [-0.15, -0.1) is 0 Å². The van der Waals surface area contributed by atoms with Gasteiger partial charge in [0.25, 0.3) is 0 Å². The largest absolute Gasteiger partial charge is 0.347 e. The van der Waals surface area contributed by atoms with Crippen LogP contribution >= 0.6 is 0 Å². The number of hydrogen-bond donors (Lipinski definition) is 0. The van der Waals surface area contributed by atoms with Crippen molar-refractivity contribution in [2.75, 3.05) is 26.7 Å². The fourth-order valence-corrected chi connectivity index (χ4v) is 5.67. The first-order valence-corrected chi connectivity index (χ1v) is 11.8. The van der Waals surface area contributed by atoms with Crippen LogP contribution in [0, 0.1) is 5.41 Å². The van der Waals surface area contributed by atoms with E-state index >= 15 is 0 Å². The van der Waals surface area contributed by atoms with E-state index in [1.54, 1.807) is 0 Å². The van der Waals surface area contributed by atoms with E-state index in [0.717, 1.165) is 50.9 Å². The number of nitrogens with zero attached hydrogens (tertiary/aromatic N) is 5. The Bertz CT molecular complexity index is 1040. The maximum atomic E-state index is 5.49. The minimum absolute atomic E-state index is 0.281.